The van der Waals surface area contributed by atoms with Crippen molar-refractivity contribution in [3.05, 3.63) is 17.8 Å². The SMILES string of the molecule is CCOC(=O)c1cc(NCCCCC(C)C)ncc1N. The quantitative estimate of drug-likeness (QED) is 0.565. The number of pyridine rings is 1. The summed E-state index contributed by atoms with van der Waals surface area (Å²) in [5.41, 5.74) is 6.45. The van der Waals surface area contributed by atoms with Crippen LogP contribution in [0.5, 0.6) is 0 Å². The number of aromatic nitrogens is 1. The summed E-state index contributed by atoms with van der Waals surface area (Å²) in [6, 6.07) is 1.65. The van der Waals surface area contributed by atoms with Gasteiger partial charge >= 0.3 is 5.97 Å². The van der Waals surface area contributed by atoms with Crippen LogP contribution in [-0.2, 0) is 4.74 Å². The second-order valence-electron chi connectivity index (χ2n) is 5.19. The zero-order valence-corrected chi connectivity index (χ0v) is 12.6. The molecule has 20 heavy (non-hydrogen) atoms. The Hall–Kier alpha value is -1.78. The number of hydrogen-bond donors (Lipinski definition) is 2. The highest BCUT2D eigenvalue weighted by atomic mass is 16.5. The highest BCUT2D eigenvalue weighted by molar-refractivity contribution is 5.95. The summed E-state index contributed by atoms with van der Waals surface area (Å²) in [6.45, 7) is 7.38. The molecule has 0 amide bonds. The molecule has 0 fully saturated rings. The zero-order valence-electron chi connectivity index (χ0n) is 12.6. The average molecular weight is 279 g/mol. The minimum atomic E-state index is -0.407. The number of esters is 1. The molecule has 1 rings (SSSR count). The first-order valence-corrected chi connectivity index (χ1v) is 7.21. The lowest BCUT2D eigenvalue weighted by Crippen LogP contribution is -2.11. The van der Waals surface area contributed by atoms with Crippen molar-refractivity contribution in [2.75, 3.05) is 24.2 Å². The van der Waals surface area contributed by atoms with Gasteiger partial charge in [-0.05, 0) is 25.3 Å². The number of hydrogen-bond acceptors (Lipinski definition) is 5. The number of anilines is 2. The van der Waals surface area contributed by atoms with Gasteiger partial charge in [-0.2, -0.15) is 0 Å². The Bertz CT molecular complexity index is 433. The van der Waals surface area contributed by atoms with Crippen LogP contribution in [0.3, 0.4) is 0 Å². The number of ether oxygens (including phenoxy) is 1. The standard InChI is InChI=1S/C15H25N3O2/c1-4-20-15(19)12-9-14(18-10-13(12)16)17-8-6-5-7-11(2)3/h9-11H,4-8,16H2,1-3H3,(H,17,18). The Labute approximate surface area is 120 Å². The lowest BCUT2D eigenvalue weighted by atomic mass is 10.1. The smallest absolute Gasteiger partial charge is 0.340 e. The maximum atomic E-state index is 11.7. The molecular formula is C15H25N3O2. The van der Waals surface area contributed by atoms with Crippen molar-refractivity contribution < 1.29 is 9.53 Å². The van der Waals surface area contributed by atoms with Crippen molar-refractivity contribution in [3.8, 4) is 0 Å². The van der Waals surface area contributed by atoms with Gasteiger partial charge in [-0.25, -0.2) is 9.78 Å². The van der Waals surface area contributed by atoms with Crippen LogP contribution in [0.15, 0.2) is 12.3 Å². The summed E-state index contributed by atoms with van der Waals surface area (Å²) < 4.78 is 4.96. The van der Waals surface area contributed by atoms with Crippen molar-refractivity contribution in [3.63, 3.8) is 0 Å². The molecule has 0 saturated heterocycles. The van der Waals surface area contributed by atoms with E-state index in [0.29, 0.717) is 23.7 Å². The molecule has 0 radical (unpaired) electrons. The molecule has 0 aliphatic heterocycles. The Kier molecular flexibility index (Phi) is 6.84. The Morgan fingerprint density at radius 1 is 1.45 bits per heavy atom. The van der Waals surface area contributed by atoms with Gasteiger partial charge < -0.3 is 15.8 Å². The van der Waals surface area contributed by atoms with Gasteiger partial charge in [-0.15, -0.1) is 0 Å². The van der Waals surface area contributed by atoms with Gasteiger partial charge in [-0.3, -0.25) is 0 Å². The first kappa shape index (κ1) is 16.3. The molecule has 0 atom stereocenters. The van der Waals surface area contributed by atoms with Crippen LogP contribution < -0.4 is 11.1 Å². The molecule has 112 valence electrons. The van der Waals surface area contributed by atoms with Crippen LogP contribution in [0.4, 0.5) is 11.5 Å². The number of unbranched alkanes of at least 4 members (excludes halogenated alkanes) is 1. The fourth-order valence-corrected chi connectivity index (χ4v) is 1.84. The van der Waals surface area contributed by atoms with Crippen molar-refractivity contribution in [1.82, 2.24) is 4.98 Å². The van der Waals surface area contributed by atoms with Crippen molar-refractivity contribution in [1.29, 1.82) is 0 Å². The second-order valence-corrected chi connectivity index (χ2v) is 5.19. The molecule has 3 N–H and O–H groups in total. The number of nitrogen functional groups attached to an aromatic ring is 1. The maximum Gasteiger partial charge on any atom is 0.340 e. The van der Waals surface area contributed by atoms with Gasteiger partial charge in [0, 0.05) is 6.54 Å². The van der Waals surface area contributed by atoms with E-state index in [2.05, 4.69) is 24.1 Å². The van der Waals surface area contributed by atoms with E-state index in [-0.39, 0.29) is 0 Å². The topological polar surface area (TPSA) is 77.2 Å². The Morgan fingerprint density at radius 2 is 2.20 bits per heavy atom. The molecule has 5 heteroatoms. The fourth-order valence-electron chi connectivity index (χ4n) is 1.84. The summed E-state index contributed by atoms with van der Waals surface area (Å²) >= 11 is 0. The van der Waals surface area contributed by atoms with E-state index in [1.807, 2.05) is 0 Å². The molecular weight excluding hydrogens is 254 g/mol. The molecule has 0 bridgehead atoms. The summed E-state index contributed by atoms with van der Waals surface area (Å²) in [7, 11) is 0. The van der Waals surface area contributed by atoms with E-state index >= 15 is 0 Å². The second kappa shape index (κ2) is 8.40. The van der Waals surface area contributed by atoms with Crippen molar-refractivity contribution in [2.45, 2.75) is 40.0 Å². The van der Waals surface area contributed by atoms with E-state index < -0.39 is 5.97 Å². The molecule has 0 saturated carbocycles. The van der Waals surface area contributed by atoms with Crippen LogP contribution in [-0.4, -0.2) is 24.1 Å². The van der Waals surface area contributed by atoms with E-state index in [9.17, 15) is 4.79 Å². The molecule has 5 nitrogen and oxygen atoms in total. The van der Waals surface area contributed by atoms with Crippen LogP contribution in [0.1, 0.15) is 50.4 Å². The maximum absolute atomic E-state index is 11.7. The highest BCUT2D eigenvalue weighted by Gasteiger charge is 2.12. The Morgan fingerprint density at radius 3 is 2.85 bits per heavy atom. The summed E-state index contributed by atoms with van der Waals surface area (Å²) in [5, 5.41) is 3.21. The largest absolute Gasteiger partial charge is 0.462 e. The average Bonchev–Trinajstić information content (AvgIpc) is 2.40. The lowest BCUT2D eigenvalue weighted by Gasteiger charge is -2.09. The zero-order chi connectivity index (χ0) is 15.0. The summed E-state index contributed by atoms with van der Waals surface area (Å²) in [5.74, 6) is 0.988. The van der Waals surface area contributed by atoms with Gasteiger partial charge in [0.25, 0.3) is 0 Å². The highest BCUT2D eigenvalue weighted by Crippen LogP contribution is 2.16. The first-order chi connectivity index (χ1) is 9.54. The minimum absolute atomic E-state index is 0.332. The van der Waals surface area contributed by atoms with E-state index in [4.69, 9.17) is 10.5 Å². The van der Waals surface area contributed by atoms with Crippen molar-refractivity contribution in [2.24, 2.45) is 5.92 Å². The third-order valence-electron chi connectivity index (χ3n) is 2.94. The number of carbonyl (C=O) groups excluding carboxylic acids is 1. The predicted molar refractivity (Wildman–Crippen MR) is 81.8 cm³/mol. The third-order valence-corrected chi connectivity index (χ3v) is 2.94. The van der Waals surface area contributed by atoms with Gasteiger partial charge in [-0.1, -0.05) is 26.7 Å². The number of nitrogens with zero attached hydrogens (tertiary/aromatic N) is 1. The Balaban J connectivity index is 2.50. The number of rotatable bonds is 8. The van der Waals surface area contributed by atoms with E-state index in [1.54, 1.807) is 13.0 Å². The fraction of sp³-hybridized carbons (Fsp3) is 0.600. The van der Waals surface area contributed by atoms with Gasteiger partial charge in [0.15, 0.2) is 0 Å². The van der Waals surface area contributed by atoms with Crippen LogP contribution in [0.2, 0.25) is 0 Å². The van der Waals surface area contributed by atoms with Gasteiger partial charge in [0.05, 0.1) is 24.1 Å². The summed E-state index contributed by atoms with van der Waals surface area (Å²) in [6.07, 6.45) is 4.98. The molecule has 0 aliphatic rings. The molecule has 0 aliphatic carbocycles. The molecule has 0 unspecified atom stereocenters. The minimum Gasteiger partial charge on any atom is -0.462 e. The van der Waals surface area contributed by atoms with Crippen LogP contribution in [0, 0.1) is 5.92 Å². The first-order valence-electron chi connectivity index (χ1n) is 7.21. The monoisotopic (exact) mass is 279 g/mol. The molecule has 0 aromatic carbocycles. The summed E-state index contributed by atoms with van der Waals surface area (Å²) in [4.78, 5) is 15.9. The lowest BCUT2D eigenvalue weighted by molar-refractivity contribution is 0.0527. The van der Waals surface area contributed by atoms with Gasteiger partial charge in [0.2, 0.25) is 0 Å². The normalized spacial score (nSPS) is 10.6. The predicted octanol–water partition coefficient (Wildman–Crippen LogP) is 3.08. The molecule has 1 aromatic heterocycles. The van der Waals surface area contributed by atoms with Crippen LogP contribution in [0.25, 0.3) is 0 Å². The number of nitrogens with two attached hydrogens (primary N) is 1. The van der Waals surface area contributed by atoms with Gasteiger partial charge in [0.1, 0.15) is 5.82 Å². The molecule has 0 spiro atoms. The number of nitrogens with one attached hydrogen (secondary N) is 1. The van der Waals surface area contributed by atoms with E-state index in [1.165, 1.54) is 19.0 Å². The third kappa shape index (κ3) is 5.47. The van der Waals surface area contributed by atoms with Crippen LogP contribution >= 0.6 is 0 Å². The van der Waals surface area contributed by atoms with E-state index in [0.717, 1.165) is 18.9 Å². The molecule has 1 heterocycles. The number of carbonyl (C=O) groups is 1. The van der Waals surface area contributed by atoms with Crippen molar-refractivity contribution >= 4 is 17.5 Å². The molecule has 1 aromatic rings.